The largest absolute Gasteiger partial charge is 0.508 e. The molecule has 6 nitrogen and oxygen atoms in total. The second-order valence-corrected chi connectivity index (χ2v) is 7.03. The fraction of sp³-hybridized carbons (Fsp3) is 0.474. The van der Waals surface area contributed by atoms with Crippen LogP contribution in [0.25, 0.3) is 0 Å². The Balaban J connectivity index is 1.57. The summed E-state index contributed by atoms with van der Waals surface area (Å²) in [6.45, 7) is 2.21. The third-order valence-electron chi connectivity index (χ3n) is 5.29. The fourth-order valence-electron chi connectivity index (χ4n) is 4.00. The highest BCUT2D eigenvalue weighted by molar-refractivity contribution is 5.94. The van der Waals surface area contributed by atoms with E-state index in [1.807, 2.05) is 7.05 Å². The molecule has 3 heterocycles. The number of fused-ring (bicyclic) bond motifs is 1. The smallest absolute Gasteiger partial charge is 0.274 e. The van der Waals surface area contributed by atoms with E-state index in [0.29, 0.717) is 32.0 Å². The minimum absolute atomic E-state index is 0.00471. The maximum Gasteiger partial charge on any atom is 0.274 e. The second kappa shape index (κ2) is 6.72. The van der Waals surface area contributed by atoms with Crippen LogP contribution in [0, 0.1) is 5.82 Å². The Morgan fingerprint density at radius 1 is 1.38 bits per heavy atom. The van der Waals surface area contributed by atoms with E-state index in [4.69, 9.17) is 4.74 Å². The molecule has 1 unspecified atom stereocenters. The van der Waals surface area contributed by atoms with Gasteiger partial charge in [0, 0.05) is 49.8 Å². The van der Waals surface area contributed by atoms with Crippen LogP contribution in [0.5, 0.6) is 5.75 Å². The first-order valence-corrected chi connectivity index (χ1v) is 8.94. The van der Waals surface area contributed by atoms with Gasteiger partial charge in [0.2, 0.25) is 0 Å². The molecule has 2 aliphatic rings. The number of nitrogens with zero attached hydrogens (tertiary/aromatic N) is 3. The number of rotatable bonds is 2. The Morgan fingerprint density at radius 2 is 2.23 bits per heavy atom. The molecule has 138 valence electrons. The van der Waals surface area contributed by atoms with Gasteiger partial charge in [-0.25, -0.2) is 4.39 Å². The van der Waals surface area contributed by atoms with Gasteiger partial charge >= 0.3 is 0 Å². The number of aryl methyl sites for hydroxylation is 1. The minimum atomic E-state index is -0.459. The SMILES string of the molecule is Cn1nc(C(=O)N2CCCC(c3cc(O)cc(F)c3)C2)c2c1CCOC2. The maximum absolute atomic E-state index is 13.6. The molecule has 0 aliphatic carbocycles. The van der Waals surface area contributed by atoms with Crippen LogP contribution in [-0.2, 0) is 24.8 Å². The van der Waals surface area contributed by atoms with Crippen molar-refractivity contribution in [2.24, 2.45) is 7.05 Å². The van der Waals surface area contributed by atoms with Crippen LogP contribution in [0.1, 0.15) is 46.1 Å². The number of hydrogen-bond donors (Lipinski definition) is 1. The van der Waals surface area contributed by atoms with Gasteiger partial charge in [-0.05, 0) is 30.5 Å². The standard InChI is InChI=1S/C19H22FN3O3/c1-22-17-4-6-26-11-16(17)18(21-22)19(25)23-5-2-3-12(10-23)13-7-14(20)9-15(24)8-13/h7-9,12,24H,2-6,10-11H2,1H3. The Kier molecular flexibility index (Phi) is 4.40. The molecule has 1 fully saturated rings. The number of halogens is 1. The summed E-state index contributed by atoms with van der Waals surface area (Å²) in [5.41, 5.74) is 3.13. The zero-order valence-electron chi connectivity index (χ0n) is 14.7. The molecule has 26 heavy (non-hydrogen) atoms. The first-order valence-electron chi connectivity index (χ1n) is 8.94. The van der Waals surface area contributed by atoms with Crippen LogP contribution < -0.4 is 0 Å². The van der Waals surface area contributed by atoms with E-state index in [9.17, 15) is 14.3 Å². The quantitative estimate of drug-likeness (QED) is 0.894. The number of aromatic hydroxyl groups is 1. The number of aromatic nitrogens is 2. The van der Waals surface area contributed by atoms with Crippen molar-refractivity contribution in [3.63, 3.8) is 0 Å². The van der Waals surface area contributed by atoms with E-state index < -0.39 is 5.82 Å². The molecule has 1 N–H and O–H groups in total. The molecule has 1 atom stereocenters. The molecule has 1 aromatic carbocycles. The van der Waals surface area contributed by atoms with Gasteiger partial charge in [0.25, 0.3) is 5.91 Å². The van der Waals surface area contributed by atoms with Crippen molar-refractivity contribution in [3.05, 3.63) is 46.5 Å². The number of ether oxygens (including phenoxy) is 1. The molecule has 2 aliphatic heterocycles. The summed E-state index contributed by atoms with van der Waals surface area (Å²) in [7, 11) is 1.86. The van der Waals surface area contributed by atoms with Crippen LogP contribution in [0.15, 0.2) is 18.2 Å². The highest BCUT2D eigenvalue weighted by atomic mass is 19.1. The second-order valence-electron chi connectivity index (χ2n) is 7.03. The average Bonchev–Trinajstić information content (AvgIpc) is 2.98. The molecule has 1 saturated heterocycles. The molecular formula is C19H22FN3O3. The third-order valence-corrected chi connectivity index (χ3v) is 5.29. The van der Waals surface area contributed by atoms with Crippen LogP contribution >= 0.6 is 0 Å². The number of phenols is 1. The Labute approximate surface area is 151 Å². The number of carbonyl (C=O) groups excluding carboxylic acids is 1. The van der Waals surface area contributed by atoms with Crippen molar-refractivity contribution in [2.75, 3.05) is 19.7 Å². The molecule has 1 amide bonds. The van der Waals surface area contributed by atoms with E-state index in [0.717, 1.165) is 42.1 Å². The Bertz CT molecular complexity index is 829. The number of amides is 1. The third kappa shape index (κ3) is 3.07. The Hall–Kier alpha value is -2.41. The lowest BCUT2D eigenvalue weighted by atomic mass is 9.90. The van der Waals surface area contributed by atoms with Crippen LogP contribution in [0.2, 0.25) is 0 Å². The molecule has 1 aromatic heterocycles. The topological polar surface area (TPSA) is 67.6 Å². The van der Waals surface area contributed by atoms with Crippen LogP contribution in [0.3, 0.4) is 0 Å². The molecule has 0 saturated carbocycles. The van der Waals surface area contributed by atoms with Gasteiger partial charge in [-0.3, -0.25) is 9.48 Å². The average molecular weight is 359 g/mol. The minimum Gasteiger partial charge on any atom is -0.508 e. The molecular weight excluding hydrogens is 337 g/mol. The van der Waals surface area contributed by atoms with Crippen molar-refractivity contribution in [2.45, 2.75) is 31.8 Å². The number of carbonyl (C=O) groups is 1. The Morgan fingerprint density at radius 3 is 3.04 bits per heavy atom. The molecule has 0 radical (unpaired) electrons. The maximum atomic E-state index is 13.6. The lowest BCUT2D eigenvalue weighted by Crippen LogP contribution is -2.39. The van der Waals surface area contributed by atoms with E-state index in [2.05, 4.69) is 5.10 Å². The van der Waals surface area contributed by atoms with E-state index in [1.165, 1.54) is 6.07 Å². The molecule has 2 aromatic rings. The van der Waals surface area contributed by atoms with Gasteiger partial charge in [0.05, 0.1) is 13.2 Å². The van der Waals surface area contributed by atoms with Crippen LogP contribution in [0.4, 0.5) is 4.39 Å². The summed E-state index contributed by atoms with van der Waals surface area (Å²) < 4.78 is 20.9. The summed E-state index contributed by atoms with van der Waals surface area (Å²) in [6, 6.07) is 4.11. The monoisotopic (exact) mass is 359 g/mol. The number of piperidine rings is 1. The lowest BCUT2D eigenvalue weighted by molar-refractivity contribution is 0.0688. The van der Waals surface area contributed by atoms with E-state index in [-0.39, 0.29) is 17.6 Å². The first-order chi connectivity index (χ1) is 12.5. The normalized spacial score (nSPS) is 20.1. The van der Waals surface area contributed by atoms with Crippen molar-refractivity contribution >= 4 is 5.91 Å². The number of likely N-dealkylation sites (tertiary alicyclic amines) is 1. The molecule has 0 bridgehead atoms. The predicted molar refractivity (Wildman–Crippen MR) is 92.5 cm³/mol. The zero-order valence-corrected chi connectivity index (χ0v) is 14.7. The molecule has 7 heteroatoms. The highest BCUT2D eigenvalue weighted by Crippen LogP contribution is 2.31. The summed E-state index contributed by atoms with van der Waals surface area (Å²) in [5, 5.41) is 14.1. The van der Waals surface area contributed by atoms with Crippen LogP contribution in [-0.4, -0.2) is 45.4 Å². The van der Waals surface area contributed by atoms with E-state index in [1.54, 1.807) is 15.6 Å². The van der Waals surface area contributed by atoms with Gasteiger partial charge in [-0.2, -0.15) is 5.10 Å². The van der Waals surface area contributed by atoms with Gasteiger partial charge in [0.15, 0.2) is 5.69 Å². The number of hydrogen-bond acceptors (Lipinski definition) is 4. The van der Waals surface area contributed by atoms with E-state index >= 15 is 0 Å². The highest BCUT2D eigenvalue weighted by Gasteiger charge is 2.31. The number of benzene rings is 1. The predicted octanol–water partition coefficient (Wildman–Crippen LogP) is 2.36. The zero-order chi connectivity index (χ0) is 18.3. The van der Waals surface area contributed by atoms with Gasteiger partial charge in [0.1, 0.15) is 11.6 Å². The van der Waals surface area contributed by atoms with Gasteiger partial charge < -0.3 is 14.7 Å². The summed E-state index contributed by atoms with van der Waals surface area (Å²) in [5.74, 6) is -0.637. The van der Waals surface area contributed by atoms with Crippen molar-refractivity contribution in [3.8, 4) is 5.75 Å². The fourth-order valence-corrected chi connectivity index (χ4v) is 4.00. The van der Waals surface area contributed by atoms with Crippen molar-refractivity contribution < 1.29 is 19.0 Å². The summed E-state index contributed by atoms with van der Waals surface area (Å²) in [6.07, 6.45) is 2.45. The first kappa shape index (κ1) is 17.0. The van der Waals surface area contributed by atoms with Gasteiger partial charge in [-0.1, -0.05) is 0 Å². The molecule has 4 rings (SSSR count). The van der Waals surface area contributed by atoms with Gasteiger partial charge in [-0.15, -0.1) is 0 Å². The van der Waals surface area contributed by atoms with Crippen molar-refractivity contribution in [1.82, 2.24) is 14.7 Å². The van der Waals surface area contributed by atoms with Crippen molar-refractivity contribution in [1.29, 1.82) is 0 Å². The lowest BCUT2D eigenvalue weighted by Gasteiger charge is -2.33. The number of phenolic OH excluding ortho intramolecular Hbond substituents is 1. The summed E-state index contributed by atoms with van der Waals surface area (Å²) >= 11 is 0. The summed E-state index contributed by atoms with van der Waals surface area (Å²) in [4.78, 5) is 14.9. The molecule has 0 spiro atoms.